The second kappa shape index (κ2) is 5.52. The maximum Gasteiger partial charge on any atom is 0.508 e. The largest absolute Gasteiger partial charge is 0.508 e. The average Bonchev–Trinajstić information content (AvgIpc) is 2.01. The molecule has 0 aliphatic heterocycles. The molecule has 0 bridgehead atoms. The molecule has 64 valence electrons. The summed E-state index contributed by atoms with van der Waals surface area (Å²) < 4.78 is 8.76. The number of rotatable bonds is 3. The third kappa shape index (κ3) is 5.20. The molecule has 1 N–H and O–H groups in total. The first kappa shape index (κ1) is 9.74. The van der Waals surface area contributed by atoms with Gasteiger partial charge in [-0.05, 0) is 6.92 Å². The molecule has 5 heteroatoms. The van der Waals surface area contributed by atoms with Gasteiger partial charge in [-0.2, -0.15) is 0 Å². The van der Waals surface area contributed by atoms with Gasteiger partial charge in [0.15, 0.2) is 6.61 Å². The van der Waals surface area contributed by atoms with Crippen LogP contribution in [0.1, 0.15) is 6.92 Å². The highest BCUT2D eigenvalue weighted by Crippen LogP contribution is 1.83. The van der Waals surface area contributed by atoms with Crippen molar-refractivity contribution in [3.8, 4) is 0 Å². The number of nitrogens with one attached hydrogen (secondary N) is 1. The van der Waals surface area contributed by atoms with Crippen LogP contribution in [-0.2, 0) is 14.3 Å². The number of hydrogen-bond donors (Lipinski definition) is 1. The fraction of sp³-hybridized carbons (Fsp3) is 0.667. The summed E-state index contributed by atoms with van der Waals surface area (Å²) in [5, 5.41) is 2.29. The molecule has 0 fully saturated rings. The molecule has 0 heterocycles. The Morgan fingerprint density at radius 2 is 2.00 bits per heavy atom. The summed E-state index contributed by atoms with van der Waals surface area (Å²) in [4.78, 5) is 20.9. The van der Waals surface area contributed by atoms with Gasteiger partial charge in [0, 0.05) is 7.05 Å². The first-order valence-electron chi connectivity index (χ1n) is 3.20. The maximum absolute atomic E-state index is 10.5. The van der Waals surface area contributed by atoms with E-state index in [0.717, 1.165) is 0 Å². The SMILES string of the molecule is CCOC(=O)OCC(=O)NC. The maximum atomic E-state index is 10.5. The van der Waals surface area contributed by atoms with Crippen molar-refractivity contribution in [2.75, 3.05) is 20.3 Å². The van der Waals surface area contributed by atoms with Gasteiger partial charge in [-0.15, -0.1) is 0 Å². The van der Waals surface area contributed by atoms with Crippen LogP contribution in [0.3, 0.4) is 0 Å². The number of carbonyl (C=O) groups excluding carboxylic acids is 2. The minimum absolute atomic E-state index is 0.243. The molecule has 0 aromatic rings. The molecule has 0 spiro atoms. The Morgan fingerprint density at radius 1 is 1.36 bits per heavy atom. The van der Waals surface area contributed by atoms with Crippen molar-refractivity contribution in [1.29, 1.82) is 0 Å². The summed E-state index contributed by atoms with van der Waals surface area (Å²) in [5.41, 5.74) is 0. The molecule has 0 aliphatic carbocycles. The van der Waals surface area contributed by atoms with Gasteiger partial charge in [-0.25, -0.2) is 4.79 Å². The fourth-order valence-electron chi connectivity index (χ4n) is 0.356. The highest BCUT2D eigenvalue weighted by molar-refractivity contribution is 5.78. The van der Waals surface area contributed by atoms with E-state index in [0.29, 0.717) is 0 Å². The molecule has 11 heavy (non-hydrogen) atoms. The summed E-state index contributed by atoms with van der Waals surface area (Å²) in [6, 6.07) is 0. The van der Waals surface area contributed by atoms with E-state index in [4.69, 9.17) is 0 Å². The number of hydrogen-bond acceptors (Lipinski definition) is 4. The molecule has 5 nitrogen and oxygen atoms in total. The van der Waals surface area contributed by atoms with Crippen molar-refractivity contribution >= 4 is 12.1 Å². The van der Waals surface area contributed by atoms with Crippen LogP contribution in [0.4, 0.5) is 4.79 Å². The van der Waals surface area contributed by atoms with Gasteiger partial charge >= 0.3 is 6.16 Å². The van der Waals surface area contributed by atoms with Gasteiger partial charge in [-0.1, -0.05) is 0 Å². The zero-order valence-electron chi connectivity index (χ0n) is 6.55. The fourth-order valence-corrected chi connectivity index (χ4v) is 0.356. The summed E-state index contributed by atoms with van der Waals surface area (Å²) >= 11 is 0. The molecule has 0 aliphatic rings. The highest BCUT2D eigenvalue weighted by atomic mass is 16.7. The lowest BCUT2D eigenvalue weighted by atomic mass is 10.7. The van der Waals surface area contributed by atoms with E-state index in [9.17, 15) is 9.59 Å². The average molecular weight is 161 g/mol. The first-order chi connectivity index (χ1) is 5.20. The summed E-state index contributed by atoms with van der Waals surface area (Å²) in [5.74, 6) is -0.363. The normalized spacial score (nSPS) is 8.55. The van der Waals surface area contributed by atoms with Crippen LogP contribution in [0.25, 0.3) is 0 Å². The monoisotopic (exact) mass is 161 g/mol. The quantitative estimate of drug-likeness (QED) is 0.587. The standard InChI is InChI=1S/C6H11NO4/c1-3-10-6(9)11-4-5(8)7-2/h3-4H2,1-2H3,(H,7,8). The van der Waals surface area contributed by atoms with Crippen LogP contribution in [0.5, 0.6) is 0 Å². The lowest BCUT2D eigenvalue weighted by Gasteiger charge is -2.02. The van der Waals surface area contributed by atoms with Crippen LogP contribution in [0.15, 0.2) is 0 Å². The highest BCUT2D eigenvalue weighted by Gasteiger charge is 2.04. The Hall–Kier alpha value is -1.26. The predicted octanol–water partition coefficient (Wildman–Crippen LogP) is -0.0945. The predicted molar refractivity (Wildman–Crippen MR) is 37.0 cm³/mol. The van der Waals surface area contributed by atoms with E-state index < -0.39 is 6.16 Å². The number of ether oxygens (including phenoxy) is 2. The third-order valence-electron chi connectivity index (χ3n) is 0.862. The van der Waals surface area contributed by atoms with Crippen LogP contribution in [-0.4, -0.2) is 32.3 Å². The molecule has 1 amide bonds. The summed E-state index contributed by atoms with van der Waals surface area (Å²) in [6.45, 7) is 1.60. The van der Waals surface area contributed by atoms with Crippen molar-refractivity contribution in [3.05, 3.63) is 0 Å². The van der Waals surface area contributed by atoms with Crippen molar-refractivity contribution in [1.82, 2.24) is 5.32 Å². The van der Waals surface area contributed by atoms with Crippen LogP contribution >= 0.6 is 0 Å². The zero-order chi connectivity index (χ0) is 8.69. The molecule has 0 unspecified atom stereocenters. The number of amides is 1. The minimum atomic E-state index is -0.823. The minimum Gasteiger partial charge on any atom is -0.435 e. The van der Waals surface area contributed by atoms with E-state index in [1.807, 2.05) is 0 Å². The van der Waals surface area contributed by atoms with Crippen molar-refractivity contribution < 1.29 is 19.1 Å². The second-order valence-electron chi connectivity index (χ2n) is 1.64. The molecule has 0 atom stereocenters. The molecule has 0 rings (SSSR count). The Bertz CT molecular complexity index is 146. The molecule has 0 radical (unpaired) electrons. The topological polar surface area (TPSA) is 64.6 Å². The molecular weight excluding hydrogens is 150 g/mol. The van der Waals surface area contributed by atoms with Crippen LogP contribution in [0, 0.1) is 0 Å². The van der Waals surface area contributed by atoms with Gasteiger partial charge in [0.1, 0.15) is 0 Å². The Kier molecular flexibility index (Phi) is 4.89. The van der Waals surface area contributed by atoms with E-state index in [2.05, 4.69) is 14.8 Å². The number of carbonyl (C=O) groups is 2. The lowest BCUT2D eigenvalue weighted by molar-refractivity contribution is -0.124. The van der Waals surface area contributed by atoms with Gasteiger partial charge in [0.2, 0.25) is 0 Å². The van der Waals surface area contributed by atoms with Gasteiger partial charge in [0.25, 0.3) is 5.91 Å². The summed E-state index contributed by atoms with van der Waals surface area (Å²) in [7, 11) is 1.46. The molecule has 0 aromatic carbocycles. The van der Waals surface area contributed by atoms with Gasteiger partial charge in [0.05, 0.1) is 6.61 Å². The molecular formula is C6H11NO4. The molecule has 0 saturated heterocycles. The van der Waals surface area contributed by atoms with Crippen molar-refractivity contribution in [3.63, 3.8) is 0 Å². The van der Waals surface area contributed by atoms with Gasteiger partial charge in [-0.3, -0.25) is 4.79 Å². The smallest absolute Gasteiger partial charge is 0.435 e. The Balaban J connectivity index is 3.38. The van der Waals surface area contributed by atoms with E-state index >= 15 is 0 Å². The Morgan fingerprint density at radius 3 is 2.45 bits per heavy atom. The van der Waals surface area contributed by atoms with E-state index in [-0.39, 0.29) is 19.1 Å². The second-order valence-corrected chi connectivity index (χ2v) is 1.64. The zero-order valence-corrected chi connectivity index (χ0v) is 6.55. The molecule has 0 saturated carbocycles. The van der Waals surface area contributed by atoms with E-state index in [1.54, 1.807) is 6.92 Å². The van der Waals surface area contributed by atoms with Crippen LogP contribution in [0.2, 0.25) is 0 Å². The number of likely N-dealkylation sites (N-methyl/N-ethyl adjacent to an activating group) is 1. The lowest BCUT2D eigenvalue weighted by Crippen LogP contribution is -2.25. The van der Waals surface area contributed by atoms with Gasteiger partial charge < -0.3 is 14.8 Å². The first-order valence-corrected chi connectivity index (χ1v) is 3.20. The molecule has 0 aromatic heterocycles. The summed E-state index contributed by atoms with van der Waals surface area (Å²) in [6.07, 6.45) is -0.823. The van der Waals surface area contributed by atoms with Crippen molar-refractivity contribution in [2.45, 2.75) is 6.92 Å². The third-order valence-corrected chi connectivity index (χ3v) is 0.862. The Labute approximate surface area is 64.7 Å². The van der Waals surface area contributed by atoms with Crippen LogP contribution < -0.4 is 5.32 Å². The van der Waals surface area contributed by atoms with Crippen molar-refractivity contribution in [2.24, 2.45) is 0 Å². The van der Waals surface area contributed by atoms with E-state index in [1.165, 1.54) is 7.05 Å².